The number of hydrogen-bond acceptors (Lipinski definition) is 2. The van der Waals surface area contributed by atoms with E-state index in [0.29, 0.717) is 0 Å². The molecule has 0 unspecified atom stereocenters. The van der Waals surface area contributed by atoms with Gasteiger partial charge in [-0.15, -0.1) is 0 Å². The smallest absolute Gasteiger partial charge is 0.0522 e. The highest BCUT2D eigenvalue weighted by Crippen LogP contribution is 2.42. The molecule has 12 rings (SSSR count). The van der Waals surface area contributed by atoms with Gasteiger partial charge in [0.15, 0.2) is 0 Å². The Morgan fingerprint density at radius 2 is 0.588 bits per heavy atom. The van der Waals surface area contributed by atoms with E-state index in [1.807, 2.05) is 0 Å². The van der Waals surface area contributed by atoms with Crippen molar-refractivity contribution in [3.63, 3.8) is 0 Å². The maximum atomic E-state index is 2.42. The largest absolute Gasteiger partial charge is 0.310 e. The van der Waals surface area contributed by atoms with Gasteiger partial charge in [-0.1, -0.05) is 262 Å². The summed E-state index contributed by atoms with van der Waals surface area (Å²) in [6.07, 6.45) is 14.4. The lowest BCUT2D eigenvalue weighted by molar-refractivity contribution is 1.10. The van der Waals surface area contributed by atoms with Gasteiger partial charge in [0.1, 0.15) is 0 Å². The Hall–Kier alpha value is -10.5. The predicted octanol–water partition coefficient (Wildman–Crippen LogP) is 22.8. The molecule has 0 fully saturated rings. The minimum Gasteiger partial charge on any atom is -0.310 e. The van der Waals surface area contributed by atoms with E-state index in [1.54, 1.807) is 0 Å². The van der Waals surface area contributed by atoms with Crippen LogP contribution in [0.1, 0.15) is 84.8 Å². The van der Waals surface area contributed by atoms with Crippen molar-refractivity contribution < 1.29 is 0 Å². The molecule has 0 heterocycles. The summed E-state index contributed by atoms with van der Waals surface area (Å²) in [6, 6.07) is 105. The van der Waals surface area contributed by atoms with Gasteiger partial charge in [-0.25, -0.2) is 0 Å². The SMILES string of the molecule is CCc1cccc(C)c1N(c1ccc(C=C(c2ccccc2)c2ccccc2)cc1)c1ccc(/C=C/c2ccc3ccc(/C=C/c4ccc(N(c5ccc(C=C(c6ccccc6)c6ccccc6)cc5)c5c(C)cccc5C)cc4)cc3c2)cc1. The number of rotatable bonds is 17. The van der Waals surface area contributed by atoms with E-state index in [-0.39, 0.29) is 0 Å². The summed E-state index contributed by atoms with van der Waals surface area (Å²) in [6.45, 7) is 8.87. The first kappa shape index (κ1) is 55.0. The Balaban J connectivity index is 0.767. The van der Waals surface area contributed by atoms with Crippen LogP contribution in [0.2, 0.25) is 0 Å². The molecule has 0 aliphatic heterocycles. The molecule has 0 saturated carbocycles. The van der Waals surface area contributed by atoms with E-state index >= 15 is 0 Å². The third-order valence-corrected chi connectivity index (χ3v) is 16.0. The van der Waals surface area contributed by atoms with E-state index in [4.69, 9.17) is 0 Å². The van der Waals surface area contributed by atoms with Crippen molar-refractivity contribution in [2.45, 2.75) is 34.1 Å². The molecule has 0 N–H and O–H groups in total. The van der Waals surface area contributed by atoms with Crippen LogP contribution in [-0.2, 0) is 6.42 Å². The van der Waals surface area contributed by atoms with Gasteiger partial charge in [-0.2, -0.15) is 0 Å². The molecule has 2 nitrogen and oxygen atoms in total. The summed E-state index contributed by atoms with van der Waals surface area (Å²) in [5, 5.41) is 2.42. The highest BCUT2D eigenvalue weighted by molar-refractivity contribution is 5.94. The van der Waals surface area contributed by atoms with Gasteiger partial charge in [-0.3, -0.25) is 0 Å². The zero-order valence-corrected chi connectivity index (χ0v) is 48.8. The van der Waals surface area contributed by atoms with E-state index in [9.17, 15) is 0 Å². The summed E-state index contributed by atoms with van der Waals surface area (Å²) >= 11 is 0. The van der Waals surface area contributed by atoms with Crippen molar-refractivity contribution >= 4 is 92.5 Å². The lowest BCUT2D eigenvalue weighted by Crippen LogP contribution is -2.13. The molecule has 0 aliphatic carbocycles. The average molecular weight is 1090 g/mol. The molecule has 0 amide bonds. The number of hydrogen-bond donors (Lipinski definition) is 0. The number of para-hydroxylation sites is 2. The van der Waals surface area contributed by atoms with Crippen molar-refractivity contribution in [2.24, 2.45) is 0 Å². The van der Waals surface area contributed by atoms with Crippen molar-refractivity contribution in [2.75, 3.05) is 9.80 Å². The minimum atomic E-state index is 0.932. The Kier molecular flexibility index (Phi) is 16.6. The molecule has 0 aromatic heterocycles. The molecule has 12 aromatic carbocycles. The first-order valence-corrected chi connectivity index (χ1v) is 29.5. The zero-order chi connectivity index (χ0) is 57.9. The van der Waals surface area contributed by atoms with Crippen LogP contribution in [0.5, 0.6) is 0 Å². The molecule has 0 saturated heterocycles. The van der Waals surface area contributed by atoms with Crippen molar-refractivity contribution in [3.05, 3.63) is 369 Å². The summed E-state index contributed by atoms with van der Waals surface area (Å²) in [5.74, 6) is 0. The quantitative estimate of drug-likeness (QED) is 0.0839. The van der Waals surface area contributed by atoms with E-state index in [0.717, 1.165) is 62.6 Å². The Morgan fingerprint density at radius 1 is 0.282 bits per heavy atom. The second kappa shape index (κ2) is 25.7. The first-order valence-electron chi connectivity index (χ1n) is 29.5. The lowest BCUT2D eigenvalue weighted by atomic mass is 9.95. The van der Waals surface area contributed by atoms with E-state index in [2.05, 4.69) is 365 Å². The number of fused-ring (bicyclic) bond motifs is 1. The Morgan fingerprint density at radius 3 is 0.953 bits per heavy atom. The zero-order valence-electron chi connectivity index (χ0n) is 48.8. The fourth-order valence-corrected chi connectivity index (χ4v) is 11.6. The topological polar surface area (TPSA) is 6.48 Å². The third-order valence-electron chi connectivity index (χ3n) is 16.0. The van der Waals surface area contributed by atoms with Gasteiger partial charge in [0.05, 0.1) is 11.4 Å². The second-order valence-electron chi connectivity index (χ2n) is 21.8. The van der Waals surface area contributed by atoms with Crippen LogP contribution in [0.15, 0.2) is 291 Å². The maximum Gasteiger partial charge on any atom is 0.0522 e. The second-order valence-corrected chi connectivity index (χ2v) is 21.8. The Bertz CT molecular complexity index is 4240. The van der Waals surface area contributed by atoms with Gasteiger partial charge in [0.25, 0.3) is 0 Å². The van der Waals surface area contributed by atoms with Crippen LogP contribution in [0.3, 0.4) is 0 Å². The maximum absolute atomic E-state index is 2.42. The van der Waals surface area contributed by atoms with Gasteiger partial charge in [0.2, 0.25) is 0 Å². The molecule has 12 aromatic rings. The summed E-state index contributed by atoms with van der Waals surface area (Å²) < 4.78 is 0. The molecule has 0 radical (unpaired) electrons. The molecule has 2 heteroatoms. The number of anilines is 6. The monoisotopic (exact) mass is 1090 g/mol. The molecule has 410 valence electrons. The highest BCUT2D eigenvalue weighted by Gasteiger charge is 2.20. The Labute approximate surface area is 502 Å². The standard InChI is InChI=1S/C83H68N2/c1-5-69-31-19-22-62(4)83(69)85(79-54-44-68(45-55-79)59-81(73-27-14-8-15-28-73)74-29-16-9-17-30-74)78-50-40-64(41-51-78)33-35-66-37-47-70-46-36-65(56-75(70)57-66)34-32-63-38-48-76(49-39-63)84(82-60(2)20-18-21-61(82)3)77-52-42-67(43-53-77)58-80(71-23-10-6-11-24-71)72-25-12-7-13-26-72/h6-59H,5H2,1-4H3/b34-32+,35-33+. The molecule has 85 heavy (non-hydrogen) atoms. The van der Waals surface area contributed by atoms with E-state index in [1.165, 1.54) is 77.8 Å². The average Bonchev–Trinajstić information content (AvgIpc) is 3.73. The van der Waals surface area contributed by atoms with Crippen LogP contribution in [0.4, 0.5) is 34.1 Å². The molecular weight excluding hydrogens is 1020 g/mol. The van der Waals surface area contributed by atoms with Gasteiger partial charge >= 0.3 is 0 Å². The van der Waals surface area contributed by atoms with Crippen LogP contribution in [-0.4, -0.2) is 0 Å². The summed E-state index contributed by atoms with van der Waals surface area (Å²) in [4.78, 5) is 4.81. The molecular formula is C83H68N2. The van der Waals surface area contributed by atoms with Gasteiger partial charge in [0, 0.05) is 22.7 Å². The third kappa shape index (κ3) is 12.8. The summed E-state index contributed by atoms with van der Waals surface area (Å²) in [5.41, 5.74) is 25.9. The number of nitrogens with zero attached hydrogens (tertiary/aromatic N) is 2. The van der Waals surface area contributed by atoms with Crippen molar-refractivity contribution in [1.29, 1.82) is 0 Å². The molecule has 0 bridgehead atoms. The first-order chi connectivity index (χ1) is 41.8. The van der Waals surface area contributed by atoms with E-state index < -0.39 is 0 Å². The van der Waals surface area contributed by atoms with Crippen LogP contribution in [0, 0.1) is 20.8 Å². The van der Waals surface area contributed by atoms with Crippen LogP contribution in [0.25, 0.3) is 58.4 Å². The van der Waals surface area contributed by atoms with Gasteiger partial charge < -0.3 is 9.80 Å². The summed E-state index contributed by atoms with van der Waals surface area (Å²) in [7, 11) is 0. The molecule has 0 spiro atoms. The fourth-order valence-electron chi connectivity index (χ4n) is 11.6. The van der Waals surface area contributed by atoms with Crippen LogP contribution >= 0.6 is 0 Å². The fraction of sp³-hybridized carbons (Fsp3) is 0.0602. The van der Waals surface area contributed by atoms with Crippen molar-refractivity contribution in [3.8, 4) is 0 Å². The number of benzene rings is 12. The predicted molar refractivity (Wildman–Crippen MR) is 367 cm³/mol. The molecule has 0 aliphatic rings. The lowest BCUT2D eigenvalue weighted by Gasteiger charge is -2.29. The van der Waals surface area contributed by atoms with Crippen molar-refractivity contribution in [1.82, 2.24) is 0 Å². The van der Waals surface area contributed by atoms with Crippen LogP contribution < -0.4 is 9.80 Å². The number of aryl methyl sites for hydroxylation is 4. The normalized spacial score (nSPS) is 11.2. The highest BCUT2D eigenvalue weighted by atomic mass is 15.2. The molecule has 0 atom stereocenters. The van der Waals surface area contributed by atoms with Gasteiger partial charge in [-0.05, 0) is 200 Å². The minimum absolute atomic E-state index is 0.932.